The molecule has 0 saturated carbocycles. The third-order valence-corrected chi connectivity index (χ3v) is 6.54. The Kier molecular flexibility index (Phi) is 10.7. The number of carboxylic acid groups (broad SMARTS) is 1. The van der Waals surface area contributed by atoms with Crippen LogP contribution in [0.3, 0.4) is 0 Å². The lowest BCUT2D eigenvalue weighted by atomic mass is 9.99. The van der Waals surface area contributed by atoms with Gasteiger partial charge in [-0.25, -0.2) is 4.79 Å². The van der Waals surface area contributed by atoms with Crippen LogP contribution in [0.1, 0.15) is 15.9 Å². The number of ether oxygens (including phenoxy) is 2. The fourth-order valence-electron chi connectivity index (χ4n) is 3.92. The van der Waals surface area contributed by atoms with Gasteiger partial charge in [0, 0.05) is 49.2 Å². The molecule has 2 aromatic carbocycles. The Labute approximate surface area is 255 Å². The van der Waals surface area contributed by atoms with Crippen molar-refractivity contribution in [1.82, 2.24) is 25.2 Å². The fourth-order valence-corrected chi connectivity index (χ4v) is 3.99. The molecule has 0 radical (unpaired) electrons. The Morgan fingerprint density at radius 3 is 2.34 bits per heavy atom. The predicted molar refractivity (Wildman–Crippen MR) is 156 cm³/mol. The molecule has 2 amide bonds. The molecule has 234 valence electrons. The molecule has 16 heteroatoms. The summed E-state index contributed by atoms with van der Waals surface area (Å²) in [5, 5.41) is 16.8. The second-order valence-corrected chi connectivity index (χ2v) is 10.1. The standard InChI is InChI=1S/C28H29ClF3N7O5/c1-17(10-29)15-43-22-8-2-18(3-9-22)11-33-24-36-25(38-26(37-24)44-16-28(30,31)32)35-21-6-4-20(5-7-21)23(40)39-13-19(14-39)12-34-27(41)42/h2-9,19,34H,1,10-16H2,(H,41,42)(H2,33,35,36,37,38). The third-order valence-electron chi connectivity index (χ3n) is 6.16. The van der Waals surface area contributed by atoms with E-state index in [0.717, 1.165) is 11.1 Å². The van der Waals surface area contributed by atoms with Gasteiger partial charge in [-0.05, 0) is 47.5 Å². The summed E-state index contributed by atoms with van der Waals surface area (Å²) in [5.74, 6) is 0.633. The minimum absolute atomic E-state index is 0.0325. The zero-order valence-electron chi connectivity index (χ0n) is 23.2. The van der Waals surface area contributed by atoms with Gasteiger partial charge >= 0.3 is 18.3 Å². The number of likely N-dealkylation sites (tertiary alicyclic amines) is 1. The highest BCUT2D eigenvalue weighted by atomic mass is 35.5. The van der Waals surface area contributed by atoms with Gasteiger partial charge in [0.1, 0.15) is 12.4 Å². The molecule has 3 aromatic rings. The number of benzene rings is 2. The summed E-state index contributed by atoms with van der Waals surface area (Å²) >= 11 is 5.70. The lowest BCUT2D eigenvalue weighted by Crippen LogP contribution is -2.53. The van der Waals surface area contributed by atoms with Gasteiger partial charge < -0.3 is 35.4 Å². The number of alkyl halides is 4. The van der Waals surface area contributed by atoms with E-state index in [2.05, 4.69) is 37.5 Å². The number of nitrogens with zero attached hydrogens (tertiary/aromatic N) is 4. The summed E-state index contributed by atoms with van der Waals surface area (Å²) in [5.41, 5.74) is 2.42. The van der Waals surface area contributed by atoms with Crippen LogP contribution in [0.2, 0.25) is 0 Å². The topological polar surface area (TPSA) is 151 Å². The van der Waals surface area contributed by atoms with Crippen molar-refractivity contribution in [2.24, 2.45) is 5.92 Å². The van der Waals surface area contributed by atoms with Gasteiger partial charge in [-0.1, -0.05) is 18.7 Å². The summed E-state index contributed by atoms with van der Waals surface area (Å²) in [6.07, 6.45) is -5.71. The first-order valence-corrected chi connectivity index (χ1v) is 13.8. The number of hydrogen-bond acceptors (Lipinski definition) is 9. The Morgan fingerprint density at radius 1 is 1.02 bits per heavy atom. The summed E-state index contributed by atoms with van der Waals surface area (Å²) in [6, 6.07) is 12.9. The van der Waals surface area contributed by atoms with Gasteiger partial charge in [0.25, 0.3) is 5.91 Å². The van der Waals surface area contributed by atoms with E-state index in [-0.39, 0.29) is 43.4 Å². The Bertz CT molecular complexity index is 1450. The average Bonchev–Trinajstić information content (AvgIpc) is 2.97. The van der Waals surface area contributed by atoms with E-state index in [1.165, 1.54) is 0 Å². The lowest BCUT2D eigenvalue weighted by Gasteiger charge is -2.39. The van der Waals surface area contributed by atoms with Crippen LogP contribution in [-0.2, 0) is 6.54 Å². The quantitative estimate of drug-likeness (QED) is 0.145. The summed E-state index contributed by atoms with van der Waals surface area (Å²) in [4.78, 5) is 37.0. The highest BCUT2D eigenvalue weighted by Crippen LogP contribution is 2.23. The monoisotopic (exact) mass is 635 g/mol. The Balaban J connectivity index is 1.38. The molecule has 0 spiro atoms. The van der Waals surface area contributed by atoms with E-state index < -0.39 is 24.9 Å². The number of carbonyl (C=O) groups is 2. The van der Waals surface area contributed by atoms with Gasteiger partial charge in [-0.2, -0.15) is 28.1 Å². The molecule has 0 aliphatic carbocycles. The van der Waals surface area contributed by atoms with E-state index >= 15 is 0 Å². The van der Waals surface area contributed by atoms with Crippen molar-refractivity contribution in [3.8, 4) is 11.8 Å². The van der Waals surface area contributed by atoms with E-state index in [1.807, 2.05) is 0 Å². The third kappa shape index (κ3) is 9.90. The highest BCUT2D eigenvalue weighted by Gasteiger charge is 2.31. The number of carbonyl (C=O) groups excluding carboxylic acids is 1. The summed E-state index contributed by atoms with van der Waals surface area (Å²) < 4.78 is 48.7. The van der Waals surface area contributed by atoms with Gasteiger partial charge in [-0.3, -0.25) is 4.79 Å². The highest BCUT2D eigenvalue weighted by molar-refractivity contribution is 6.19. The fraction of sp³-hybridized carbons (Fsp3) is 0.321. The van der Waals surface area contributed by atoms with Crippen LogP contribution in [0.5, 0.6) is 11.8 Å². The van der Waals surface area contributed by atoms with Crippen molar-refractivity contribution in [1.29, 1.82) is 0 Å². The number of nitrogens with one attached hydrogen (secondary N) is 3. The van der Waals surface area contributed by atoms with Crippen LogP contribution in [0.15, 0.2) is 60.7 Å². The SMILES string of the molecule is C=C(CCl)COc1ccc(CNc2nc(Nc3ccc(C(=O)N4CC(CNC(=O)O)C4)cc3)nc(OCC(F)(F)F)n2)cc1. The number of anilines is 3. The van der Waals surface area contributed by atoms with Crippen LogP contribution < -0.4 is 25.4 Å². The zero-order valence-corrected chi connectivity index (χ0v) is 24.0. The maximum atomic E-state index is 12.8. The predicted octanol–water partition coefficient (Wildman–Crippen LogP) is 4.68. The van der Waals surface area contributed by atoms with Crippen molar-refractivity contribution in [2.75, 3.05) is 49.4 Å². The van der Waals surface area contributed by atoms with Crippen molar-refractivity contribution < 1.29 is 37.3 Å². The minimum atomic E-state index is -4.60. The molecule has 1 aromatic heterocycles. The van der Waals surface area contributed by atoms with Gasteiger partial charge in [0.15, 0.2) is 6.61 Å². The number of rotatable bonds is 14. The van der Waals surface area contributed by atoms with Gasteiger partial charge in [0.05, 0.1) is 0 Å². The van der Waals surface area contributed by atoms with Crippen LogP contribution in [0, 0.1) is 5.92 Å². The Morgan fingerprint density at radius 2 is 1.70 bits per heavy atom. The molecule has 4 N–H and O–H groups in total. The number of halogens is 4. The molecule has 0 unspecified atom stereocenters. The molecule has 2 heterocycles. The van der Waals surface area contributed by atoms with Crippen LogP contribution >= 0.6 is 11.6 Å². The molecule has 1 saturated heterocycles. The minimum Gasteiger partial charge on any atom is -0.489 e. The van der Waals surface area contributed by atoms with Crippen LogP contribution in [0.4, 0.5) is 35.5 Å². The van der Waals surface area contributed by atoms with E-state index in [1.54, 1.807) is 53.4 Å². The second kappa shape index (κ2) is 14.6. The maximum absolute atomic E-state index is 12.8. The summed E-state index contributed by atoms with van der Waals surface area (Å²) in [7, 11) is 0. The van der Waals surface area contributed by atoms with E-state index in [4.69, 9.17) is 26.2 Å². The second-order valence-electron chi connectivity index (χ2n) is 9.80. The molecule has 0 atom stereocenters. The molecule has 4 rings (SSSR count). The molecule has 1 aliphatic rings. The van der Waals surface area contributed by atoms with Gasteiger partial charge in [0.2, 0.25) is 11.9 Å². The molecular formula is C28H29ClF3N7O5. The average molecular weight is 636 g/mol. The smallest absolute Gasteiger partial charge is 0.422 e. The molecule has 0 bridgehead atoms. The van der Waals surface area contributed by atoms with Crippen molar-refractivity contribution in [3.05, 3.63) is 71.8 Å². The first kappa shape index (κ1) is 32.1. The van der Waals surface area contributed by atoms with E-state index in [0.29, 0.717) is 36.0 Å². The normalized spacial score (nSPS) is 13.0. The van der Waals surface area contributed by atoms with Crippen molar-refractivity contribution in [3.63, 3.8) is 0 Å². The number of amides is 2. The first-order valence-electron chi connectivity index (χ1n) is 13.2. The van der Waals surface area contributed by atoms with Crippen LogP contribution in [-0.4, -0.2) is 81.9 Å². The summed E-state index contributed by atoms with van der Waals surface area (Å²) in [6.45, 7) is 3.84. The lowest BCUT2D eigenvalue weighted by molar-refractivity contribution is -0.154. The van der Waals surface area contributed by atoms with Crippen molar-refractivity contribution in [2.45, 2.75) is 12.7 Å². The number of aromatic nitrogens is 3. The first-order chi connectivity index (χ1) is 21.0. The van der Waals surface area contributed by atoms with Crippen LogP contribution in [0.25, 0.3) is 0 Å². The largest absolute Gasteiger partial charge is 0.489 e. The molecule has 1 aliphatic heterocycles. The molecule has 44 heavy (non-hydrogen) atoms. The van der Waals surface area contributed by atoms with Crippen molar-refractivity contribution >= 4 is 41.2 Å². The zero-order chi connectivity index (χ0) is 31.7. The Hall–Kier alpha value is -4.79. The molecule has 1 fully saturated rings. The molecule has 12 nitrogen and oxygen atoms in total. The molecular weight excluding hydrogens is 607 g/mol. The van der Waals surface area contributed by atoms with Gasteiger partial charge in [-0.15, -0.1) is 11.6 Å². The van der Waals surface area contributed by atoms with E-state index in [9.17, 15) is 22.8 Å². The maximum Gasteiger partial charge on any atom is 0.422 e. The number of hydrogen-bond donors (Lipinski definition) is 4.